The van der Waals surface area contributed by atoms with Gasteiger partial charge >= 0.3 is 0 Å². The molecule has 1 N–H and O–H groups in total. The predicted molar refractivity (Wildman–Crippen MR) is 94.8 cm³/mol. The topological polar surface area (TPSA) is 46.2 Å². The predicted octanol–water partition coefficient (Wildman–Crippen LogP) is 4.03. The molecule has 3 nitrogen and oxygen atoms in total. The van der Waals surface area contributed by atoms with E-state index in [4.69, 9.17) is 0 Å². The molecule has 4 heteroatoms. The maximum absolute atomic E-state index is 11.9. The van der Waals surface area contributed by atoms with Crippen LogP contribution in [-0.2, 0) is 10.2 Å². The summed E-state index contributed by atoms with van der Waals surface area (Å²) < 4.78 is 0. The SMILES string of the molecule is CC(C)(C)c1ccc(SCC(=O)NC(=O)c2ccccc2)cc1. The molecule has 2 aromatic rings. The summed E-state index contributed by atoms with van der Waals surface area (Å²) in [5, 5.41) is 2.40. The summed E-state index contributed by atoms with van der Waals surface area (Å²) in [6.45, 7) is 6.49. The van der Waals surface area contributed by atoms with Crippen molar-refractivity contribution in [1.82, 2.24) is 5.32 Å². The fourth-order valence-electron chi connectivity index (χ4n) is 2.02. The molecule has 2 rings (SSSR count). The molecule has 120 valence electrons. The van der Waals surface area contributed by atoms with Crippen molar-refractivity contribution in [3.05, 3.63) is 65.7 Å². The first-order valence-electron chi connectivity index (χ1n) is 7.49. The molecule has 0 heterocycles. The fourth-order valence-corrected chi connectivity index (χ4v) is 2.72. The number of carbonyl (C=O) groups is 2. The molecule has 0 saturated carbocycles. The maximum atomic E-state index is 11.9. The van der Waals surface area contributed by atoms with Crippen LogP contribution in [0, 0.1) is 0 Å². The number of benzene rings is 2. The van der Waals surface area contributed by atoms with Crippen LogP contribution in [0.25, 0.3) is 0 Å². The second kappa shape index (κ2) is 7.47. The second-order valence-electron chi connectivity index (χ2n) is 6.31. The van der Waals surface area contributed by atoms with Crippen LogP contribution >= 0.6 is 11.8 Å². The zero-order valence-corrected chi connectivity index (χ0v) is 14.4. The number of rotatable bonds is 4. The van der Waals surface area contributed by atoms with E-state index >= 15 is 0 Å². The van der Waals surface area contributed by atoms with Crippen molar-refractivity contribution < 1.29 is 9.59 Å². The van der Waals surface area contributed by atoms with Crippen molar-refractivity contribution in [1.29, 1.82) is 0 Å². The monoisotopic (exact) mass is 327 g/mol. The zero-order chi connectivity index (χ0) is 16.9. The molecule has 0 atom stereocenters. The van der Waals surface area contributed by atoms with E-state index in [1.165, 1.54) is 17.3 Å². The molecule has 2 aromatic carbocycles. The van der Waals surface area contributed by atoms with Gasteiger partial charge in [-0.25, -0.2) is 0 Å². The van der Waals surface area contributed by atoms with E-state index in [1.807, 2.05) is 18.2 Å². The van der Waals surface area contributed by atoms with Gasteiger partial charge in [0.05, 0.1) is 5.75 Å². The molecule has 0 aliphatic heterocycles. The molecule has 0 saturated heterocycles. The second-order valence-corrected chi connectivity index (χ2v) is 7.36. The summed E-state index contributed by atoms with van der Waals surface area (Å²) in [5.74, 6) is -0.434. The molecule has 0 aromatic heterocycles. The average Bonchev–Trinajstić information content (AvgIpc) is 2.53. The minimum absolute atomic E-state index is 0.114. The Morgan fingerprint density at radius 1 is 0.957 bits per heavy atom. The molecule has 0 spiro atoms. The van der Waals surface area contributed by atoms with Gasteiger partial charge in [0.15, 0.2) is 0 Å². The number of hydrogen-bond donors (Lipinski definition) is 1. The highest BCUT2D eigenvalue weighted by Gasteiger charge is 2.13. The van der Waals surface area contributed by atoms with Crippen molar-refractivity contribution in [2.75, 3.05) is 5.75 Å². The lowest BCUT2D eigenvalue weighted by atomic mass is 9.87. The Hall–Kier alpha value is -2.07. The third-order valence-corrected chi connectivity index (χ3v) is 4.39. The minimum atomic E-state index is -0.362. The van der Waals surface area contributed by atoms with E-state index in [1.54, 1.807) is 24.3 Å². The van der Waals surface area contributed by atoms with E-state index < -0.39 is 0 Å². The lowest BCUT2D eigenvalue weighted by Gasteiger charge is -2.19. The van der Waals surface area contributed by atoms with Crippen molar-refractivity contribution in [2.24, 2.45) is 0 Å². The molecular weight excluding hydrogens is 306 g/mol. The van der Waals surface area contributed by atoms with Crippen molar-refractivity contribution in [2.45, 2.75) is 31.1 Å². The number of thioether (sulfide) groups is 1. The number of nitrogens with one attached hydrogen (secondary N) is 1. The Morgan fingerprint density at radius 3 is 2.13 bits per heavy atom. The van der Waals surface area contributed by atoms with Crippen molar-refractivity contribution in [3.63, 3.8) is 0 Å². The van der Waals surface area contributed by atoms with Gasteiger partial charge in [-0.1, -0.05) is 51.1 Å². The van der Waals surface area contributed by atoms with Gasteiger partial charge < -0.3 is 0 Å². The van der Waals surface area contributed by atoms with Crippen LogP contribution in [0.1, 0.15) is 36.7 Å². The number of amides is 2. The summed E-state index contributed by atoms with van der Waals surface area (Å²) in [5.41, 5.74) is 1.86. The first kappa shape index (κ1) is 17.3. The molecule has 23 heavy (non-hydrogen) atoms. The van der Waals surface area contributed by atoms with E-state index in [0.717, 1.165) is 4.90 Å². The quantitative estimate of drug-likeness (QED) is 0.862. The first-order valence-corrected chi connectivity index (χ1v) is 8.47. The normalized spacial score (nSPS) is 11.1. The van der Waals surface area contributed by atoms with Crippen LogP contribution in [0.5, 0.6) is 0 Å². The lowest BCUT2D eigenvalue weighted by Crippen LogP contribution is -2.31. The summed E-state index contributed by atoms with van der Waals surface area (Å²) in [7, 11) is 0. The van der Waals surface area contributed by atoms with Gasteiger partial charge in [-0.05, 0) is 35.2 Å². The smallest absolute Gasteiger partial charge is 0.257 e. The molecule has 0 aliphatic carbocycles. The summed E-state index contributed by atoms with van der Waals surface area (Å²) >= 11 is 1.42. The fraction of sp³-hybridized carbons (Fsp3) is 0.263. The van der Waals surface area contributed by atoms with E-state index in [0.29, 0.717) is 5.56 Å². The highest BCUT2D eigenvalue weighted by atomic mass is 32.2. The third kappa shape index (κ3) is 5.25. The Bertz CT molecular complexity index is 673. The van der Waals surface area contributed by atoms with Gasteiger partial charge in [0, 0.05) is 10.5 Å². The largest absolute Gasteiger partial charge is 0.292 e. The molecular formula is C19H21NO2S. The number of hydrogen-bond acceptors (Lipinski definition) is 3. The van der Waals surface area contributed by atoms with Gasteiger partial charge in [0.2, 0.25) is 5.91 Å². The van der Waals surface area contributed by atoms with Crippen molar-refractivity contribution >= 4 is 23.6 Å². The lowest BCUT2D eigenvalue weighted by molar-refractivity contribution is -0.117. The van der Waals surface area contributed by atoms with E-state index in [9.17, 15) is 9.59 Å². The molecule has 0 radical (unpaired) electrons. The summed E-state index contributed by atoms with van der Waals surface area (Å²) in [6, 6.07) is 16.9. The van der Waals surface area contributed by atoms with Gasteiger partial charge in [0.25, 0.3) is 5.91 Å². The number of carbonyl (C=O) groups excluding carboxylic acids is 2. The van der Waals surface area contributed by atoms with E-state index in [2.05, 4.69) is 38.2 Å². The molecule has 0 bridgehead atoms. The Balaban J connectivity index is 1.86. The highest BCUT2D eigenvalue weighted by Crippen LogP contribution is 2.25. The Labute approximate surface area is 141 Å². The standard InChI is InChI=1S/C19H21NO2S/c1-19(2,3)15-9-11-16(12-10-15)23-13-17(21)20-18(22)14-7-5-4-6-8-14/h4-12H,13H2,1-3H3,(H,20,21,22). The van der Waals surface area contributed by atoms with Crippen LogP contribution in [0.15, 0.2) is 59.5 Å². The van der Waals surface area contributed by atoms with Crippen molar-refractivity contribution in [3.8, 4) is 0 Å². The highest BCUT2D eigenvalue weighted by molar-refractivity contribution is 8.00. The summed E-state index contributed by atoms with van der Waals surface area (Å²) in [6.07, 6.45) is 0. The zero-order valence-electron chi connectivity index (χ0n) is 13.6. The van der Waals surface area contributed by atoms with Crippen LogP contribution in [0.2, 0.25) is 0 Å². The molecule has 2 amide bonds. The van der Waals surface area contributed by atoms with Crippen LogP contribution < -0.4 is 5.32 Å². The van der Waals surface area contributed by atoms with Gasteiger partial charge in [-0.15, -0.1) is 11.8 Å². The third-order valence-electron chi connectivity index (χ3n) is 3.38. The molecule has 0 aliphatic rings. The Morgan fingerprint density at radius 2 is 1.57 bits per heavy atom. The average molecular weight is 327 g/mol. The van der Waals surface area contributed by atoms with Crippen LogP contribution in [0.4, 0.5) is 0 Å². The van der Waals surface area contributed by atoms with Gasteiger partial charge in [0.1, 0.15) is 0 Å². The Kier molecular flexibility index (Phi) is 5.61. The van der Waals surface area contributed by atoms with Crippen LogP contribution in [0.3, 0.4) is 0 Å². The van der Waals surface area contributed by atoms with E-state index in [-0.39, 0.29) is 23.0 Å². The first-order chi connectivity index (χ1) is 10.9. The molecule has 0 unspecified atom stereocenters. The summed E-state index contributed by atoms with van der Waals surface area (Å²) in [4.78, 5) is 24.8. The molecule has 0 fully saturated rings. The van der Waals surface area contributed by atoms with Crippen LogP contribution in [-0.4, -0.2) is 17.6 Å². The van der Waals surface area contributed by atoms with Gasteiger partial charge in [-0.2, -0.15) is 0 Å². The number of imide groups is 1. The minimum Gasteiger partial charge on any atom is -0.292 e. The maximum Gasteiger partial charge on any atom is 0.257 e. The van der Waals surface area contributed by atoms with Gasteiger partial charge in [-0.3, -0.25) is 14.9 Å².